The molecule has 4 rings (SSSR count). The first-order chi connectivity index (χ1) is 15.0. The molecule has 6 nitrogen and oxygen atoms in total. The molecular weight excluding hydrogens is 410 g/mol. The highest BCUT2D eigenvalue weighted by atomic mass is 32.2. The van der Waals surface area contributed by atoms with Crippen LogP contribution >= 0.6 is 0 Å². The maximum atomic E-state index is 12.9. The van der Waals surface area contributed by atoms with Crippen molar-refractivity contribution in [1.82, 2.24) is 13.8 Å². The summed E-state index contributed by atoms with van der Waals surface area (Å²) in [5, 5.41) is 0. The predicted octanol–water partition coefficient (Wildman–Crippen LogP) is 3.12. The van der Waals surface area contributed by atoms with Gasteiger partial charge in [0, 0.05) is 51.9 Å². The zero-order valence-electron chi connectivity index (χ0n) is 17.4. The lowest BCUT2D eigenvalue weighted by Crippen LogP contribution is -2.46. The minimum absolute atomic E-state index is 0.156. The van der Waals surface area contributed by atoms with Gasteiger partial charge in [-0.15, -0.1) is 0 Å². The Kier molecular flexibility index (Phi) is 6.65. The normalized spacial score (nSPS) is 15.7. The predicted molar refractivity (Wildman–Crippen MR) is 121 cm³/mol. The first kappa shape index (κ1) is 21.5. The highest BCUT2D eigenvalue weighted by Crippen LogP contribution is 2.18. The molecule has 162 valence electrons. The first-order valence-electron chi connectivity index (χ1n) is 10.5. The van der Waals surface area contributed by atoms with Crippen molar-refractivity contribution >= 4 is 15.8 Å². The van der Waals surface area contributed by atoms with Crippen LogP contribution in [0.5, 0.6) is 0 Å². The Labute approximate surface area is 183 Å². The zero-order valence-corrected chi connectivity index (χ0v) is 18.2. The van der Waals surface area contributed by atoms with Crippen LogP contribution in [0.25, 0.3) is 0 Å². The van der Waals surface area contributed by atoms with E-state index in [4.69, 9.17) is 0 Å². The van der Waals surface area contributed by atoms with Gasteiger partial charge in [0.1, 0.15) is 0 Å². The van der Waals surface area contributed by atoms with Crippen LogP contribution in [0, 0.1) is 0 Å². The molecule has 0 aliphatic carbocycles. The van der Waals surface area contributed by atoms with Gasteiger partial charge in [-0.05, 0) is 29.8 Å². The van der Waals surface area contributed by atoms with Gasteiger partial charge in [-0.2, -0.15) is 0 Å². The molecule has 0 bridgehead atoms. The van der Waals surface area contributed by atoms with E-state index in [0.717, 1.165) is 36.7 Å². The van der Waals surface area contributed by atoms with Gasteiger partial charge < -0.3 is 4.90 Å². The molecule has 1 aliphatic heterocycles. The molecule has 1 aliphatic rings. The summed E-state index contributed by atoms with van der Waals surface area (Å²) in [7, 11) is -3.78. The summed E-state index contributed by atoms with van der Waals surface area (Å²) in [6.07, 6.45) is 1.74. The lowest BCUT2D eigenvalue weighted by Gasteiger charge is -2.34. The number of hydrogen-bond donors (Lipinski definition) is 0. The summed E-state index contributed by atoms with van der Waals surface area (Å²) in [5.74, 6) is -0.156. The number of hydrogen-bond acceptors (Lipinski definition) is 5. The Morgan fingerprint density at radius 1 is 0.774 bits per heavy atom. The molecule has 0 saturated carbocycles. The van der Waals surface area contributed by atoms with Crippen molar-refractivity contribution in [1.29, 1.82) is 0 Å². The third-order valence-electron chi connectivity index (χ3n) is 5.67. The molecule has 2 aromatic carbocycles. The Balaban J connectivity index is 1.32. The van der Waals surface area contributed by atoms with Crippen LogP contribution in [0.15, 0.2) is 83.9 Å². The van der Waals surface area contributed by atoms with Crippen LogP contribution in [-0.2, 0) is 16.6 Å². The number of nitrogens with zero attached hydrogens (tertiary/aromatic N) is 3. The third kappa shape index (κ3) is 5.12. The minimum atomic E-state index is -3.78. The molecular formula is C24H27N3O3S. The second-order valence-electron chi connectivity index (χ2n) is 7.78. The molecule has 0 atom stereocenters. The highest BCUT2D eigenvalue weighted by Gasteiger charge is 2.23. The van der Waals surface area contributed by atoms with Gasteiger partial charge >= 0.3 is 0 Å². The lowest BCUT2D eigenvalue weighted by atomic mass is 10.2. The van der Waals surface area contributed by atoms with Gasteiger partial charge in [0.25, 0.3) is 10.0 Å². The quantitative estimate of drug-likeness (QED) is 0.507. The fraction of sp³-hybridized carbons (Fsp3) is 0.292. The standard InChI is InChI=1S/C24H27N3O3S/c28-24(23-12-7-14-27(23)31(29,30)22-10-5-2-6-11-22)13-15-25-16-18-26(19-17-25)20-21-8-3-1-4-9-21/h1-12,14H,13,15-20H2. The van der Waals surface area contributed by atoms with Gasteiger partial charge in [0.05, 0.1) is 10.6 Å². The van der Waals surface area contributed by atoms with Gasteiger partial charge in [0.15, 0.2) is 5.78 Å². The number of aromatic nitrogens is 1. The number of Topliss-reactive ketones (excluding diaryl/α,β-unsaturated/α-hetero) is 1. The topological polar surface area (TPSA) is 62.6 Å². The van der Waals surface area contributed by atoms with Crippen LogP contribution in [0.2, 0.25) is 0 Å². The van der Waals surface area contributed by atoms with Crippen LogP contribution in [-0.4, -0.2) is 60.7 Å². The fourth-order valence-electron chi connectivity index (χ4n) is 3.90. The van der Waals surface area contributed by atoms with Gasteiger partial charge in [-0.25, -0.2) is 12.4 Å². The van der Waals surface area contributed by atoms with Crippen LogP contribution in [0.4, 0.5) is 0 Å². The molecule has 0 spiro atoms. The molecule has 1 saturated heterocycles. The third-order valence-corrected chi connectivity index (χ3v) is 7.37. The Morgan fingerprint density at radius 2 is 1.39 bits per heavy atom. The van der Waals surface area contributed by atoms with E-state index < -0.39 is 10.0 Å². The number of benzene rings is 2. The maximum absolute atomic E-state index is 12.9. The number of carbonyl (C=O) groups excluding carboxylic acids is 1. The Morgan fingerprint density at radius 3 is 2.06 bits per heavy atom. The largest absolute Gasteiger partial charge is 0.300 e. The van der Waals surface area contributed by atoms with Gasteiger partial charge in [-0.1, -0.05) is 48.5 Å². The van der Waals surface area contributed by atoms with E-state index in [1.807, 2.05) is 6.07 Å². The Hall–Kier alpha value is -2.74. The number of piperazine rings is 1. The van der Waals surface area contributed by atoms with E-state index in [2.05, 4.69) is 34.1 Å². The monoisotopic (exact) mass is 437 g/mol. The van der Waals surface area contributed by atoms with Crippen LogP contribution in [0.1, 0.15) is 22.5 Å². The lowest BCUT2D eigenvalue weighted by molar-refractivity contribution is 0.0917. The summed E-state index contributed by atoms with van der Waals surface area (Å²) in [6.45, 7) is 5.31. The van der Waals surface area contributed by atoms with E-state index in [1.54, 1.807) is 42.5 Å². The molecule has 1 fully saturated rings. The maximum Gasteiger partial charge on any atom is 0.268 e. The number of ketones is 1. The van der Waals surface area contributed by atoms with E-state index in [0.29, 0.717) is 13.0 Å². The number of carbonyl (C=O) groups is 1. The average Bonchev–Trinajstić information content (AvgIpc) is 3.31. The average molecular weight is 438 g/mol. The number of rotatable bonds is 8. The van der Waals surface area contributed by atoms with Crippen molar-refractivity contribution < 1.29 is 13.2 Å². The van der Waals surface area contributed by atoms with Crippen molar-refractivity contribution in [3.05, 3.63) is 90.3 Å². The fourth-order valence-corrected chi connectivity index (χ4v) is 5.28. The second-order valence-corrected chi connectivity index (χ2v) is 9.60. The van der Waals surface area contributed by atoms with E-state index >= 15 is 0 Å². The molecule has 0 amide bonds. The van der Waals surface area contributed by atoms with E-state index in [9.17, 15) is 13.2 Å². The summed E-state index contributed by atoms with van der Waals surface area (Å²) in [5.41, 5.74) is 1.53. The molecule has 0 unspecified atom stereocenters. The first-order valence-corrected chi connectivity index (χ1v) is 12.0. The molecule has 1 aromatic heterocycles. The Bertz CT molecular complexity index is 1100. The molecule has 3 aromatic rings. The smallest absolute Gasteiger partial charge is 0.268 e. The molecule has 31 heavy (non-hydrogen) atoms. The summed E-state index contributed by atoms with van der Waals surface area (Å²) < 4.78 is 26.9. The van der Waals surface area contributed by atoms with E-state index in [-0.39, 0.29) is 16.4 Å². The molecule has 7 heteroatoms. The van der Waals surface area contributed by atoms with Crippen molar-refractivity contribution in [2.75, 3.05) is 32.7 Å². The molecule has 2 heterocycles. The van der Waals surface area contributed by atoms with Crippen molar-refractivity contribution in [3.63, 3.8) is 0 Å². The summed E-state index contributed by atoms with van der Waals surface area (Å²) >= 11 is 0. The SMILES string of the molecule is O=C(CCN1CCN(Cc2ccccc2)CC1)c1cccn1S(=O)(=O)c1ccccc1. The van der Waals surface area contributed by atoms with Crippen molar-refractivity contribution in [2.45, 2.75) is 17.9 Å². The second kappa shape index (κ2) is 9.60. The zero-order chi connectivity index (χ0) is 21.7. The van der Waals surface area contributed by atoms with Crippen LogP contribution in [0.3, 0.4) is 0 Å². The van der Waals surface area contributed by atoms with Gasteiger partial charge in [-0.3, -0.25) is 9.69 Å². The summed E-state index contributed by atoms with van der Waals surface area (Å²) in [6, 6.07) is 21.8. The van der Waals surface area contributed by atoms with Crippen LogP contribution < -0.4 is 0 Å². The minimum Gasteiger partial charge on any atom is -0.300 e. The highest BCUT2D eigenvalue weighted by molar-refractivity contribution is 7.90. The summed E-state index contributed by atoms with van der Waals surface area (Å²) in [4.78, 5) is 17.7. The van der Waals surface area contributed by atoms with Crippen molar-refractivity contribution in [3.8, 4) is 0 Å². The van der Waals surface area contributed by atoms with Crippen molar-refractivity contribution in [2.24, 2.45) is 0 Å². The molecule has 0 radical (unpaired) electrons. The van der Waals surface area contributed by atoms with Gasteiger partial charge in [0.2, 0.25) is 0 Å². The molecule has 0 N–H and O–H groups in total. The van der Waals surface area contributed by atoms with E-state index in [1.165, 1.54) is 11.8 Å².